The molecule has 1 aliphatic carbocycles. The predicted molar refractivity (Wildman–Crippen MR) is 74.7 cm³/mol. The number of carbonyl (C=O) groups excluding carboxylic acids is 2. The van der Waals surface area contributed by atoms with Gasteiger partial charge in [-0.3, -0.25) is 10.1 Å². The highest BCUT2D eigenvalue weighted by Crippen LogP contribution is 2.39. The van der Waals surface area contributed by atoms with Crippen LogP contribution in [0.15, 0.2) is 0 Å². The Morgan fingerprint density at radius 1 is 1.21 bits per heavy atom. The number of nitrogens with one attached hydrogen (secondary N) is 1. The highest BCUT2D eigenvalue weighted by Gasteiger charge is 2.53. The first kappa shape index (κ1) is 14.4. The van der Waals surface area contributed by atoms with Crippen molar-refractivity contribution >= 4 is 11.9 Å². The summed E-state index contributed by atoms with van der Waals surface area (Å²) in [6.45, 7) is 5.13. The van der Waals surface area contributed by atoms with Crippen molar-refractivity contribution in [3.8, 4) is 0 Å². The van der Waals surface area contributed by atoms with E-state index < -0.39 is 5.54 Å². The summed E-state index contributed by atoms with van der Waals surface area (Å²) in [7, 11) is 0. The van der Waals surface area contributed by atoms with Crippen molar-refractivity contribution in [3.05, 3.63) is 0 Å². The van der Waals surface area contributed by atoms with Crippen molar-refractivity contribution < 1.29 is 9.59 Å². The van der Waals surface area contributed by atoms with Gasteiger partial charge in [-0.1, -0.05) is 33.1 Å². The van der Waals surface area contributed by atoms with Crippen LogP contribution in [0.3, 0.4) is 0 Å². The fourth-order valence-corrected chi connectivity index (χ4v) is 3.35. The molecule has 3 amide bonds. The Labute approximate surface area is 115 Å². The van der Waals surface area contributed by atoms with Gasteiger partial charge >= 0.3 is 6.03 Å². The van der Waals surface area contributed by atoms with E-state index in [-0.39, 0.29) is 11.9 Å². The number of imide groups is 1. The molecule has 1 aliphatic heterocycles. The zero-order valence-electron chi connectivity index (χ0n) is 12.2. The molecule has 2 fully saturated rings. The molecule has 0 aromatic heterocycles. The summed E-state index contributed by atoms with van der Waals surface area (Å²) in [5.41, 5.74) is -0.518. The molecule has 0 aromatic rings. The highest BCUT2D eigenvalue weighted by molar-refractivity contribution is 6.07. The SMILES string of the molecule is CCCCCCN1C(=O)NC(=O)C12CCC(C)CC2. The highest BCUT2D eigenvalue weighted by atomic mass is 16.2. The average molecular weight is 266 g/mol. The molecule has 4 heteroatoms. The maximum absolute atomic E-state index is 12.2. The molecule has 0 bridgehead atoms. The second kappa shape index (κ2) is 5.93. The molecule has 108 valence electrons. The standard InChI is InChI=1S/C15H26N2O2/c1-3-4-5-6-11-17-14(19)16-13(18)15(17)9-7-12(2)8-10-15/h12H,3-11H2,1-2H3,(H,16,18,19). The van der Waals surface area contributed by atoms with Crippen LogP contribution < -0.4 is 5.32 Å². The summed E-state index contributed by atoms with van der Waals surface area (Å²) in [4.78, 5) is 26.0. The summed E-state index contributed by atoms with van der Waals surface area (Å²) >= 11 is 0. The average Bonchev–Trinajstić information content (AvgIpc) is 2.61. The number of unbranched alkanes of at least 4 members (excludes halogenated alkanes) is 3. The monoisotopic (exact) mass is 266 g/mol. The van der Waals surface area contributed by atoms with Gasteiger partial charge in [0.05, 0.1) is 0 Å². The maximum atomic E-state index is 12.2. The summed E-state index contributed by atoms with van der Waals surface area (Å²) in [6.07, 6.45) is 8.30. The third-order valence-electron chi connectivity index (χ3n) is 4.74. The number of carbonyl (C=O) groups is 2. The lowest BCUT2D eigenvalue weighted by Crippen LogP contribution is -2.52. The molecule has 4 nitrogen and oxygen atoms in total. The second-order valence-electron chi connectivity index (χ2n) is 6.19. The van der Waals surface area contributed by atoms with Gasteiger partial charge in [0.15, 0.2) is 0 Å². The van der Waals surface area contributed by atoms with Gasteiger partial charge in [-0.05, 0) is 38.0 Å². The van der Waals surface area contributed by atoms with Crippen LogP contribution in [-0.4, -0.2) is 28.9 Å². The lowest BCUT2D eigenvalue weighted by Gasteiger charge is -2.40. The predicted octanol–water partition coefficient (Wildman–Crippen LogP) is 3.07. The third kappa shape index (κ3) is 2.77. The van der Waals surface area contributed by atoms with E-state index >= 15 is 0 Å². The Morgan fingerprint density at radius 3 is 2.53 bits per heavy atom. The van der Waals surface area contributed by atoms with Crippen molar-refractivity contribution in [1.82, 2.24) is 10.2 Å². The zero-order chi connectivity index (χ0) is 13.9. The number of urea groups is 1. The van der Waals surface area contributed by atoms with Gasteiger partial charge in [-0.15, -0.1) is 0 Å². The van der Waals surface area contributed by atoms with Crippen LogP contribution in [0.1, 0.15) is 65.2 Å². The van der Waals surface area contributed by atoms with Crippen LogP contribution in [0.25, 0.3) is 0 Å². The lowest BCUT2D eigenvalue weighted by atomic mass is 9.76. The van der Waals surface area contributed by atoms with Gasteiger partial charge in [0.1, 0.15) is 5.54 Å². The van der Waals surface area contributed by atoms with E-state index in [9.17, 15) is 9.59 Å². The van der Waals surface area contributed by atoms with Crippen LogP contribution in [0.4, 0.5) is 4.79 Å². The van der Waals surface area contributed by atoms with Gasteiger partial charge in [0, 0.05) is 6.54 Å². The van der Waals surface area contributed by atoms with E-state index in [1.54, 1.807) is 0 Å². The van der Waals surface area contributed by atoms with Crippen LogP contribution in [0, 0.1) is 5.92 Å². The summed E-state index contributed by atoms with van der Waals surface area (Å²) in [6, 6.07) is -0.170. The van der Waals surface area contributed by atoms with Gasteiger partial charge < -0.3 is 4.90 Å². The quantitative estimate of drug-likeness (QED) is 0.614. The molecule has 0 atom stereocenters. The third-order valence-corrected chi connectivity index (χ3v) is 4.74. The van der Waals surface area contributed by atoms with E-state index in [4.69, 9.17) is 0 Å². The van der Waals surface area contributed by atoms with Crippen molar-refractivity contribution in [1.29, 1.82) is 0 Å². The molecule has 0 aromatic carbocycles. The largest absolute Gasteiger partial charge is 0.325 e. The number of nitrogens with zero attached hydrogens (tertiary/aromatic N) is 1. The Kier molecular flexibility index (Phi) is 4.48. The van der Waals surface area contributed by atoms with Gasteiger partial charge in [0.25, 0.3) is 5.91 Å². The summed E-state index contributed by atoms with van der Waals surface area (Å²) in [5.74, 6) is 0.621. The number of hydrogen-bond donors (Lipinski definition) is 1. The smallest absolute Gasteiger partial charge is 0.310 e. The van der Waals surface area contributed by atoms with E-state index in [0.29, 0.717) is 5.92 Å². The van der Waals surface area contributed by atoms with Crippen molar-refractivity contribution in [2.45, 2.75) is 70.8 Å². The fourth-order valence-electron chi connectivity index (χ4n) is 3.35. The molecule has 1 saturated carbocycles. The first-order valence-corrected chi connectivity index (χ1v) is 7.73. The molecule has 1 heterocycles. The van der Waals surface area contributed by atoms with Crippen LogP contribution in [0.2, 0.25) is 0 Å². The van der Waals surface area contributed by atoms with E-state index in [1.165, 1.54) is 12.8 Å². The Hall–Kier alpha value is -1.06. The van der Waals surface area contributed by atoms with Crippen molar-refractivity contribution in [2.75, 3.05) is 6.54 Å². The molecule has 0 unspecified atom stereocenters. The summed E-state index contributed by atoms with van der Waals surface area (Å²) < 4.78 is 0. The Morgan fingerprint density at radius 2 is 1.89 bits per heavy atom. The molecular formula is C15H26N2O2. The van der Waals surface area contributed by atoms with E-state index in [1.807, 2.05) is 4.90 Å². The minimum atomic E-state index is -0.518. The zero-order valence-corrected chi connectivity index (χ0v) is 12.2. The first-order valence-electron chi connectivity index (χ1n) is 7.73. The molecule has 1 N–H and O–H groups in total. The Bertz CT molecular complexity index is 346. The van der Waals surface area contributed by atoms with Crippen LogP contribution in [0.5, 0.6) is 0 Å². The molecule has 0 radical (unpaired) electrons. The minimum absolute atomic E-state index is 0.0557. The summed E-state index contributed by atoms with van der Waals surface area (Å²) in [5, 5.41) is 2.53. The molecular weight excluding hydrogens is 240 g/mol. The van der Waals surface area contributed by atoms with Gasteiger partial charge in [-0.25, -0.2) is 4.79 Å². The van der Waals surface area contributed by atoms with E-state index in [0.717, 1.165) is 45.1 Å². The van der Waals surface area contributed by atoms with Crippen LogP contribution in [-0.2, 0) is 4.79 Å². The Balaban J connectivity index is 2.01. The molecule has 19 heavy (non-hydrogen) atoms. The fraction of sp³-hybridized carbons (Fsp3) is 0.867. The van der Waals surface area contributed by atoms with Crippen molar-refractivity contribution in [3.63, 3.8) is 0 Å². The molecule has 1 saturated heterocycles. The van der Waals surface area contributed by atoms with Gasteiger partial charge in [0.2, 0.25) is 0 Å². The topological polar surface area (TPSA) is 49.4 Å². The maximum Gasteiger partial charge on any atom is 0.325 e. The molecule has 2 aliphatic rings. The van der Waals surface area contributed by atoms with E-state index in [2.05, 4.69) is 19.2 Å². The number of amides is 3. The first-order chi connectivity index (χ1) is 9.10. The molecule has 1 spiro atoms. The second-order valence-corrected chi connectivity index (χ2v) is 6.19. The normalized spacial score (nSPS) is 31.1. The number of rotatable bonds is 5. The van der Waals surface area contributed by atoms with Gasteiger partial charge in [-0.2, -0.15) is 0 Å². The lowest BCUT2D eigenvalue weighted by molar-refractivity contribution is -0.128. The molecule has 2 rings (SSSR count). The number of hydrogen-bond acceptors (Lipinski definition) is 2. The van der Waals surface area contributed by atoms with Crippen molar-refractivity contribution in [2.24, 2.45) is 5.92 Å². The minimum Gasteiger partial charge on any atom is -0.310 e. The van der Waals surface area contributed by atoms with Crippen LogP contribution >= 0.6 is 0 Å².